The van der Waals surface area contributed by atoms with E-state index >= 15 is 0 Å². The summed E-state index contributed by atoms with van der Waals surface area (Å²) in [6, 6.07) is 0.277. The number of nitrogens with zero attached hydrogens (tertiary/aromatic N) is 2. The van der Waals surface area contributed by atoms with Gasteiger partial charge in [-0.05, 0) is 12.8 Å². The Hall–Kier alpha value is -0.870. The molecule has 0 spiro atoms. The van der Waals surface area contributed by atoms with Gasteiger partial charge in [-0.1, -0.05) is 6.92 Å². The van der Waals surface area contributed by atoms with Gasteiger partial charge in [0.1, 0.15) is 0 Å². The molecule has 0 bridgehead atoms. The number of imidazole rings is 1. The molecule has 4 heteroatoms. The maximum absolute atomic E-state index is 9.43. The van der Waals surface area contributed by atoms with Gasteiger partial charge in [0.15, 0.2) is 0 Å². The fourth-order valence-electron chi connectivity index (χ4n) is 1.99. The second kappa shape index (κ2) is 4.11. The third-order valence-electron chi connectivity index (χ3n) is 2.67. The number of aryl methyl sites for hydroxylation is 1. The van der Waals surface area contributed by atoms with Crippen molar-refractivity contribution in [3.8, 4) is 0 Å². The molecule has 2 unspecified atom stereocenters. The minimum absolute atomic E-state index is 0.204. The number of aliphatic hydroxyl groups excluding tert-OH is 1. The Morgan fingerprint density at radius 3 is 3.21 bits per heavy atom. The highest BCUT2D eigenvalue weighted by Crippen LogP contribution is 2.22. The van der Waals surface area contributed by atoms with Gasteiger partial charge >= 0.3 is 0 Å². The monoisotopic (exact) mass is 195 g/mol. The SMILES string of the molecule is CCCn1cncc1C1CC(O)CN1. The summed E-state index contributed by atoms with van der Waals surface area (Å²) >= 11 is 0. The third kappa shape index (κ3) is 1.81. The van der Waals surface area contributed by atoms with Crippen molar-refractivity contribution >= 4 is 0 Å². The first-order valence-corrected chi connectivity index (χ1v) is 5.22. The largest absolute Gasteiger partial charge is 0.392 e. The molecule has 78 valence electrons. The van der Waals surface area contributed by atoms with Crippen LogP contribution in [0.1, 0.15) is 31.5 Å². The van der Waals surface area contributed by atoms with Crippen molar-refractivity contribution in [1.29, 1.82) is 0 Å². The predicted molar refractivity (Wildman–Crippen MR) is 53.9 cm³/mol. The highest BCUT2D eigenvalue weighted by molar-refractivity contribution is 5.08. The van der Waals surface area contributed by atoms with Crippen LogP contribution in [0.3, 0.4) is 0 Å². The van der Waals surface area contributed by atoms with Crippen molar-refractivity contribution in [1.82, 2.24) is 14.9 Å². The van der Waals surface area contributed by atoms with Crippen LogP contribution in [0, 0.1) is 0 Å². The van der Waals surface area contributed by atoms with E-state index in [9.17, 15) is 5.11 Å². The number of aliphatic hydroxyl groups is 1. The molecule has 2 N–H and O–H groups in total. The van der Waals surface area contributed by atoms with E-state index in [2.05, 4.69) is 21.8 Å². The van der Waals surface area contributed by atoms with Crippen LogP contribution >= 0.6 is 0 Å². The lowest BCUT2D eigenvalue weighted by molar-refractivity contribution is 0.193. The molecule has 0 aliphatic carbocycles. The summed E-state index contributed by atoms with van der Waals surface area (Å²) in [5.41, 5.74) is 1.20. The van der Waals surface area contributed by atoms with Crippen LogP contribution in [0.25, 0.3) is 0 Å². The van der Waals surface area contributed by atoms with Gasteiger partial charge in [0.05, 0.1) is 24.2 Å². The molecule has 14 heavy (non-hydrogen) atoms. The van der Waals surface area contributed by atoms with Gasteiger partial charge < -0.3 is 15.0 Å². The quantitative estimate of drug-likeness (QED) is 0.746. The van der Waals surface area contributed by atoms with E-state index in [0.29, 0.717) is 6.54 Å². The van der Waals surface area contributed by atoms with Crippen molar-refractivity contribution in [3.05, 3.63) is 18.2 Å². The Kier molecular flexibility index (Phi) is 2.84. The van der Waals surface area contributed by atoms with Crippen molar-refractivity contribution in [2.75, 3.05) is 6.54 Å². The highest BCUT2D eigenvalue weighted by atomic mass is 16.3. The Balaban J connectivity index is 2.11. The van der Waals surface area contributed by atoms with E-state index in [-0.39, 0.29) is 12.1 Å². The molecular weight excluding hydrogens is 178 g/mol. The standard InChI is InChI=1S/C10H17N3O/c1-2-3-13-7-11-6-10(13)9-4-8(14)5-12-9/h6-9,12,14H,2-5H2,1H3. The fraction of sp³-hybridized carbons (Fsp3) is 0.700. The van der Waals surface area contributed by atoms with Crippen LogP contribution in [0.15, 0.2) is 12.5 Å². The Morgan fingerprint density at radius 1 is 1.71 bits per heavy atom. The summed E-state index contributed by atoms with van der Waals surface area (Å²) in [5.74, 6) is 0. The van der Waals surface area contributed by atoms with E-state index in [1.165, 1.54) is 5.69 Å². The summed E-state index contributed by atoms with van der Waals surface area (Å²) in [7, 11) is 0. The summed E-state index contributed by atoms with van der Waals surface area (Å²) < 4.78 is 2.16. The van der Waals surface area contributed by atoms with Gasteiger partial charge in [-0.15, -0.1) is 0 Å². The first-order chi connectivity index (χ1) is 6.81. The van der Waals surface area contributed by atoms with E-state index in [1.54, 1.807) is 0 Å². The van der Waals surface area contributed by atoms with E-state index in [0.717, 1.165) is 19.4 Å². The third-order valence-corrected chi connectivity index (χ3v) is 2.67. The molecule has 1 aromatic rings. The van der Waals surface area contributed by atoms with Gasteiger partial charge in [-0.2, -0.15) is 0 Å². The Labute approximate surface area is 84.0 Å². The molecule has 1 aromatic heterocycles. The van der Waals surface area contributed by atoms with Gasteiger partial charge in [0.25, 0.3) is 0 Å². The molecule has 0 radical (unpaired) electrons. The second-order valence-corrected chi connectivity index (χ2v) is 3.86. The number of aromatic nitrogens is 2. The van der Waals surface area contributed by atoms with Crippen LogP contribution in [-0.4, -0.2) is 27.3 Å². The van der Waals surface area contributed by atoms with Gasteiger partial charge in [-0.25, -0.2) is 4.98 Å². The Bertz CT molecular complexity index is 297. The Morgan fingerprint density at radius 2 is 2.57 bits per heavy atom. The summed E-state index contributed by atoms with van der Waals surface area (Å²) in [6.45, 7) is 3.85. The van der Waals surface area contributed by atoms with Crippen LogP contribution in [0.2, 0.25) is 0 Å². The molecule has 2 atom stereocenters. The normalized spacial score (nSPS) is 27.0. The maximum Gasteiger partial charge on any atom is 0.0948 e. The van der Waals surface area contributed by atoms with E-state index < -0.39 is 0 Å². The van der Waals surface area contributed by atoms with Crippen LogP contribution in [-0.2, 0) is 6.54 Å². The molecule has 1 aliphatic heterocycles. The van der Waals surface area contributed by atoms with Gasteiger partial charge in [0, 0.05) is 19.3 Å². The fourth-order valence-corrected chi connectivity index (χ4v) is 1.99. The molecule has 2 rings (SSSR count). The summed E-state index contributed by atoms with van der Waals surface area (Å²) in [5, 5.41) is 12.7. The van der Waals surface area contributed by atoms with Gasteiger partial charge in [0.2, 0.25) is 0 Å². The zero-order valence-corrected chi connectivity index (χ0v) is 8.48. The van der Waals surface area contributed by atoms with Crippen molar-refractivity contribution in [2.24, 2.45) is 0 Å². The molecule has 1 aliphatic rings. The first-order valence-electron chi connectivity index (χ1n) is 5.22. The molecule has 0 aromatic carbocycles. The number of β-amino-alcohol motifs (C(OH)–C–C–N with tert-alkyl or cyclic N) is 1. The lowest BCUT2D eigenvalue weighted by atomic mass is 10.1. The topological polar surface area (TPSA) is 50.1 Å². The van der Waals surface area contributed by atoms with Crippen LogP contribution in [0.4, 0.5) is 0 Å². The number of hydrogen-bond acceptors (Lipinski definition) is 3. The maximum atomic E-state index is 9.43. The summed E-state index contributed by atoms with van der Waals surface area (Å²) in [4.78, 5) is 4.15. The molecule has 1 saturated heterocycles. The molecule has 0 saturated carbocycles. The minimum Gasteiger partial charge on any atom is -0.392 e. The minimum atomic E-state index is -0.204. The molecule has 4 nitrogen and oxygen atoms in total. The number of nitrogens with one attached hydrogen (secondary N) is 1. The van der Waals surface area contributed by atoms with Crippen molar-refractivity contribution in [2.45, 2.75) is 38.5 Å². The van der Waals surface area contributed by atoms with Crippen molar-refractivity contribution < 1.29 is 5.11 Å². The lowest BCUT2D eigenvalue weighted by Gasteiger charge is -2.12. The average Bonchev–Trinajstić information content (AvgIpc) is 2.74. The number of hydrogen-bond donors (Lipinski definition) is 2. The lowest BCUT2D eigenvalue weighted by Crippen LogP contribution is -2.17. The van der Waals surface area contributed by atoms with Crippen LogP contribution < -0.4 is 5.32 Å². The van der Waals surface area contributed by atoms with E-state index in [1.807, 2.05) is 12.5 Å². The molecule has 0 amide bonds. The zero-order chi connectivity index (χ0) is 9.97. The van der Waals surface area contributed by atoms with Crippen LogP contribution in [0.5, 0.6) is 0 Å². The zero-order valence-electron chi connectivity index (χ0n) is 8.48. The number of rotatable bonds is 3. The molecule has 2 heterocycles. The second-order valence-electron chi connectivity index (χ2n) is 3.86. The summed E-state index contributed by atoms with van der Waals surface area (Å²) in [6.07, 6.45) is 5.47. The van der Waals surface area contributed by atoms with E-state index in [4.69, 9.17) is 0 Å². The first kappa shape index (κ1) is 9.68. The highest BCUT2D eigenvalue weighted by Gasteiger charge is 2.25. The van der Waals surface area contributed by atoms with Crippen molar-refractivity contribution in [3.63, 3.8) is 0 Å². The smallest absolute Gasteiger partial charge is 0.0948 e. The average molecular weight is 195 g/mol. The predicted octanol–water partition coefficient (Wildman–Crippen LogP) is 0.688. The molecular formula is C10H17N3O. The molecule has 1 fully saturated rings. The van der Waals surface area contributed by atoms with Gasteiger partial charge in [-0.3, -0.25) is 0 Å².